The maximum atomic E-state index is 13.4. The Hall–Kier alpha value is -4.51. The molecule has 11 heteroatoms. The predicted octanol–water partition coefficient (Wildman–Crippen LogP) is 4.35. The Labute approximate surface area is 241 Å². The summed E-state index contributed by atoms with van der Waals surface area (Å²) in [6.45, 7) is 2.30. The molecule has 0 N–H and O–H groups in total. The Balaban J connectivity index is 1.21. The van der Waals surface area contributed by atoms with E-state index in [2.05, 4.69) is 15.1 Å². The van der Waals surface area contributed by atoms with Crippen molar-refractivity contribution in [3.05, 3.63) is 88.4 Å². The molecule has 212 valence electrons. The molecule has 0 spiro atoms. The van der Waals surface area contributed by atoms with Gasteiger partial charge in [-0.25, -0.2) is 4.39 Å². The number of hydrogen-bond acceptors (Lipinski definition) is 8. The minimum absolute atomic E-state index is 0.0632. The lowest BCUT2D eigenvalue weighted by Crippen LogP contribution is -2.52. The first-order valence-corrected chi connectivity index (χ1v) is 14.0. The van der Waals surface area contributed by atoms with Crippen molar-refractivity contribution < 1.29 is 23.5 Å². The van der Waals surface area contributed by atoms with Crippen LogP contribution in [0.15, 0.2) is 72.1 Å². The molecule has 0 saturated carbocycles. The first-order valence-electron chi connectivity index (χ1n) is 13.1. The van der Waals surface area contributed by atoms with Crippen LogP contribution in [0.4, 0.5) is 10.2 Å². The molecule has 3 heterocycles. The monoisotopic (exact) mass is 575 g/mol. The molecule has 1 fully saturated rings. The van der Waals surface area contributed by atoms with E-state index in [0.717, 1.165) is 16.9 Å². The number of anilines is 1. The molecular weight excluding hydrogens is 545 g/mol. The molecule has 2 aromatic heterocycles. The molecule has 4 aromatic rings. The summed E-state index contributed by atoms with van der Waals surface area (Å²) in [4.78, 5) is 32.4. The van der Waals surface area contributed by atoms with Crippen LogP contribution in [-0.4, -0.2) is 78.8 Å². The summed E-state index contributed by atoms with van der Waals surface area (Å²) < 4.78 is 24.2. The van der Waals surface area contributed by atoms with E-state index in [9.17, 15) is 14.0 Å². The summed E-state index contributed by atoms with van der Waals surface area (Å²) in [7, 11) is 3.20. The first-order chi connectivity index (χ1) is 19.9. The van der Waals surface area contributed by atoms with Crippen molar-refractivity contribution in [3.8, 4) is 22.8 Å². The van der Waals surface area contributed by atoms with Crippen LogP contribution in [0.2, 0.25) is 0 Å². The molecular formula is C30H30FN5O4S. The number of aromatic nitrogens is 2. The van der Waals surface area contributed by atoms with Gasteiger partial charge in [0, 0.05) is 44.4 Å². The average Bonchev–Trinajstić information content (AvgIpc) is 3.56. The van der Waals surface area contributed by atoms with Crippen molar-refractivity contribution in [2.75, 3.05) is 51.8 Å². The van der Waals surface area contributed by atoms with Gasteiger partial charge in [0.2, 0.25) is 5.91 Å². The molecule has 0 radical (unpaired) electrons. The lowest BCUT2D eigenvalue weighted by atomic mass is 10.1. The molecule has 41 heavy (non-hydrogen) atoms. The fourth-order valence-electron chi connectivity index (χ4n) is 4.66. The van der Waals surface area contributed by atoms with Crippen LogP contribution in [0.3, 0.4) is 0 Å². The van der Waals surface area contributed by atoms with Crippen LogP contribution in [0, 0.1) is 5.82 Å². The van der Waals surface area contributed by atoms with Gasteiger partial charge in [0.1, 0.15) is 23.9 Å². The maximum absolute atomic E-state index is 13.4. The van der Waals surface area contributed by atoms with Crippen LogP contribution >= 0.6 is 11.3 Å². The summed E-state index contributed by atoms with van der Waals surface area (Å²) >= 11 is 1.33. The van der Waals surface area contributed by atoms with Gasteiger partial charge in [0.25, 0.3) is 5.91 Å². The lowest BCUT2D eigenvalue weighted by Gasteiger charge is -2.36. The Morgan fingerprint density at radius 1 is 0.951 bits per heavy atom. The van der Waals surface area contributed by atoms with E-state index in [-0.39, 0.29) is 30.7 Å². The lowest BCUT2D eigenvalue weighted by molar-refractivity contribution is -0.132. The Kier molecular flexibility index (Phi) is 8.73. The number of hydrogen-bond donors (Lipinski definition) is 0. The van der Waals surface area contributed by atoms with Gasteiger partial charge in [0.15, 0.2) is 5.82 Å². The molecule has 0 atom stereocenters. The standard InChI is InChI=1S/C30H30FN5O4S/c1-39-23-9-10-24(26(18-23)40-2)25-11-12-28(33-32-25)34-13-15-35(16-14-34)29(37)20-36(30(38)27-4-3-17-41-27)19-21-5-7-22(31)8-6-21/h3-12,17-18H,13-16,19-20H2,1-2H3. The van der Waals surface area contributed by atoms with Crippen molar-refractivity contribution in [1.82, 2.24) is 20.0 Å². The highest BCUT2D eigenvalue weighted by molar-refractivity contribution is 7.12. The smallest absolute Gasteiger partial charge is 0.264 e. The van der Waals surface area contributed by atoms with Gasteiger partial charge in [-0.05, 0) is 53.4 Å². The van der Waals surface area contributed by atoms with Gasteiger partial charge < -0.3 is 24.2 Å². The molecule has 2 aromatic carbocycles. The largest absolute Gasteiger partial charge is 0.497 e. The predicted molar refractivity (Wildman–Crippen MR) is 155 cm³/mol. The summed E-state index contributed by atoms with van der Waals surface area (Å²) in [6.07, 6.45) is 0. The van der Waals surface area contributed by atoms with Crippen molar-refractivity contribution in [3.63, 3.8) is 0 Å². The van der Waals surface area contributed by atoms with E-state index in [0.29, 0.717) is 48.2 Å². The zero-order chi connectivity index (χ0) is 28.8. The third-order valence-electron chi connectivity index (χ3n) is 6.92. The molecule has 1 aliphatic rings. The number of carbonyl (C=O) groups excluding carboxylic acids is 2. The number of carbonyl (C=O) groups is 2. The quantitative estimate of drug-likeness (QED) is 0.293. The number of nitrogens with zero attached hydrogens (tertiary/aromatic N) is 5. The molecule has 0 unspecified atom stereocenters. The van der Waals surface area contributed by atoms with Crippen LogP contribution in [-0.2, 0) is 11.3 Å². The molecule has 1 aliphatic heterocycles. The van der Waals surface area contributed by atoms with Crippen LogP contribution in [0.5, 0.6) is 11.5 Å². The minimum atomic E-state index is -0.349. The van der Waals surface area contributed by atoms with Gasteiger partial charge in [-0.1, -0.05) is 18.2 Å². The number of amides is 2. The van der Waals surface area contributed by atoms with Gasteiger partial charge in [-0.2, -0.15) is 0 Å². The summed E-state index contributed by atoms with van der Waals surface area (Å²) in [5, 5.41) is 10.7. The summed E-state index contributed by atoms with van der Waals surface area (Å²) in [6, 6.07) is 18.8. The maximum Gasteiger partial charge on any atom is 0.264 e. The Bertz CT molecular complexity index is 1470. The highest BCUT2D eigenvalue weighted by Gasteiger charge is 2.26. The van der Waals surface area contributed by atoms with Crippen molar-refractivity contribution in [2.24, 2.45) is 0 Å². The van der Waals surface area contributed by atoms with Crippen molar-refractivity contribution in [1.29, 1.82) is 0 Å². The van der Waals surface area contributed by atoms with Crippen LogP contribution in [0.25, 0.3) is 11.3 Å². The average molecular weight is 576 g/mol. The molecule has 0 aliphatic carbocycles. The third kappa shape index (κ3) is 6.63. The van der Waals surface area contributed by atoms with Gasteiger partial charge in [-0.3, -0.25) is 9.59 Å². The van der Waals surface area contributed by atoms with Gasteiger partial charge >= 0.3 is 0 Å². The SMILES string of the molecule is COc1ccc(-c2ccc(N3CCN(C(=O)CN(Cc4ccc(F)cc4)C(=O)c4cccs4)CC3)nn2)c(OC)c1. The van der Waals surface area contributed by atoms with Crippen molar-refractivity contribution >= 4 is 29.0 Å². The fraction of sp³-hybridized carbons (Fsp3) is 0.267. The van der Waals surface area contributed by atoms with Crippen LogP contribution < -0.4 is 14.4 Å². The van der Waals surface area contributed by atoms with Crippen LogP contribution in [0.1, 0.15) is 15.2 Å². The highest BCUT2D eigenvalue weighted by atomic mass is 32.1. The molecule has 2 amide bonds. The van der Waals surface area contributed by atoms with E-state index in [1.807, 2.05) is 29.6 Å². The summed E-state index contributed by atoms with van der Waals surface area (Å²) in [5.74, 6) is 1.35. The molecule has 1 saturated heterocycles. The van der Waals surface area contributed by atoms with E-state index in [1.54, 1.807) is 49.5 Å². The number of halogens is 1. The molecule has 0 bridgehead atoms. The van der Waals surface area contributed by atoms with Crippen molar-refractivity contribution in [2.45, 2.75) is 6.54 Å². The second kappa shape index (κ2) is 12.8. The first kappa shape index (κ1) is 28.0. The van der Waals surface area contributed by atoms with E-state index < -0.39 is 0 Å². The second-order valence-electron chi connectivity index (χ2n) is 9.48. The summed E-state index contributed by atoms with van der Waals surface area (Å²) in [5.41, 5.74) is 2.24. The normalized spacial score (nSPS) is 13.1. The number of methoxy groups -OCH3 is 2. The zero-order valence-electron chi connectivity index (χ0n) is 22.8. The Morgan fingerprint density at radius 3 is 2.37 bits per heavy atom. The number of thiophene rings is 1. The molecule has 5 rings (SSSR count). The zero-order valence-corrected chi connectivity index (χ0v) is 23.6. The number of rotatable bonds is 9. The topological polar surface area (TPSA) is 88.1 Å². The molecule has 9 nitrogen and oxygen atoms in total. The number of piperazine rings is 1. The van der Waals surface area contributed by atoms with Gasteiger partial charge in [-0.15, -0.1) is 21.5 Å². The number of benzene rings is 2. The Morgan fingerprint density at radius 2 is 1.73 bits per heavy atom. The fourth-order valence-corrected chi connectivity index (χ4v) is 5.35. The van der Waals surface area contributed by atoms with Gasteiger partial charge in [0.05, 0.1) is 24.8 Å². The second-order valence-corrected chi connectivity index (χ2v) is 10.4. The third-order valence-corrected chi connectivity index (χ3v) is 7.78. The van der Waals surface area contributed by atoms with E-state index >= 15 is 0 Å². The van der Waals surface area contributed by atoms with E-state index in [1.165, 1.54) is 28.4 Å². The van der Waals surface area contributed by atoms with E-state index in [4.69, 9.17) is 9.47 Å². The number of ether oxygens (including phenoxy) is 2. The highest BCUT2D eigenvalue weighted by Crippen LogP contribution is 2.32. The minimum Gasteiger partial charge on any atom is -0.497 e.